The third kappa shape index (κ3) is 19.9. The monoisotopic (exact) mass is 328 g/mol. The third-order valence-electron chi connectivity index (χ3n) is 3.35. The van der Waals surface area contributed by atoms with Gasteiger partial charge in [-0.2, -0.15) is 0 Å². The van der Waals surface area contributed by atoms with Crippen LogP contribution in [0.5, 0.6) is 0 Å². The summed E-state index contributed by atoms with van der Waals surface area (Å²) < 4.78 is 0. The average Bonchev–Trinajstić information content (AvgIpc) is 2.56. The van der Waals surface area contributed by atoms with Crippen molar-refractivity contribution in [3.8, 4) is 0 Å². The van der Waals surface area contributed by atoms with Gasteiger partial charge in [0.2, 0.25) is 0 Å². The first-order valence-corrected chi connectivity index (χ1v) is 9.00. The molecule has 0 bridgehead atoms. The summed E-state index contributed by atoms with van der Waals surface area (Å²) in [5.41, 5.74) is 0. The maximum absolute atomic E-state index is 10.2. The van der Waals surface area contributed by atoms with Crippen molar-refractivity contribution in [1.82, 2.24) is 0 Å². The minimum absolute atomic E-state index is 0.936. The maximum Gasteiger partial charge on any atom is 0.328 e. The smallest absolute Gasteiger partial charge is 0.328 e. The fourth-order valence-electron chi connectivity index (χ4n) is 2.05. The molecular weight excluding hydrogens is 296 g/mol. The van der Waals surface area contributed by atoms with E-state index in [4.69, 9.17) is 5.11 Å². The Morgan fingerprint density at radius 2 is 1.12 bits per heavy atom. The molecule has 0 radical (unpaired) electrons. The van der Waals surface area contributed by atoms with Gasteiger partial charge in [0, 0.05) is 6.08 Å². The van der Waals surface area contributed by atoms with Crippen molar-refractivity contribution in [3.05, 3.63) is 72.9 Å². The van der Waals surface area contributed by atoms with Crippen LogP contribution >= 0.6 is 0 Å². The Bertz CT molecular complexity index is 462. The SMILES string of the molecule is CCCCCCCCC/C=C/C=C\C=C\C=C\C=C\C=C\C(=O)O. The van der Waals surface area contributed by atoms with E-state index in [1.807, 2.05) is 36.5 Å². The third-order valence-corrected chi connectivity index (χ3v) is 3.35. The van der Waals surface area contributed by atoms with Crippen molar-refractivity contribution >= 4 is 5.97 Å². The summed E-state index contributed by atoms with van der Waals surface area (Å²) in [6.07, 6.45) is 32.7. The molecule has 2 heteroatoms. The maximum atomic E-state index is 10.2. The molecule has 0 unspecified atom stereocenters. The molecule has 0 fully saturated rings. The highest BCUT2D eigenvalue weighted by Crippen LogP contribution is 2.08. The predicted molar refractivity (Wildman–Crippen MR) is 105 cm³/mol. The van der Waals surface area contributed by atoms with Crippen molar-refractivity contribution in [3.63, 3.8) is 0 Å². The van der Waals surface area contributed by atoms with Crippen LogP contribution in [0.3, 0.4) is 0 Å². The van der Waals surface area contributed by atoms with E-state index in [-0.39, 0.29) is 0 Å². The van der Waals surface area contributed by atoms with Crippen LogP contribution in [0.1, 0.15) is 58.3 Å². The Hall–Kier alpha value is -2.09. The van der Waals surface area contributed by atoms with Crippen molar-refractivity contribution in [2.75, 3.05) is 0 Å². The number of carboxylic acids is 1. The van der Waals surface area contributed by atoms with E-state index in [1.165, 1.54) is 51.0 Å². The highest BCUT2D eigenvalue weighted by molar-refractivity contribution is 5.80. The molecule has 0 heterocycles. The number of hydrogen-bond donors (Lipinski definition) is 1. The summed E-state index contributed by atoms with van der Waals surface area (Å²) >= 11 is 0. The normalized spacial score (nSPS) is 13.0. The van der Waals surface area contributed by atoms with Crippen molar-refractivity contribution < 1.29 is 9.90 Å². The lowest BCUT2D eigenvalue weighted by Gasteiger charge is -1.98. The largest absolute Gasteiger partial charge is 0.478 e. The minimum atomic E-state index is -0.936. The predicted octanol–water partition coefficient (Wildman–Crippen LogP) is 6.55. The van der Waals surface area contributed by atoms with Gasteiger partial charge in [0.05, 0.1) is 0 Å². The molecule has 0 spiro atoms. The van der Waals surface area contributed by atoms with Crippen LogP contribution in [0.15, 0.2) is 72.9 Å². The second-order valence-corrected chi connectivity index (χ2v) is 5.58. The van der Waals surface area contributed by atoms with E-state index in [9.17, 15) is 4.79 Å². The van der Waals surface area contributed by atoms with E-state index in [2.05, 4.69) is 19.1 Å². The number of aliphatic carboxylic acids is 1. The van der Waals surface area contributed by atoms with Gasteiger partial charge in [-0.15, -0.1) is 0 Å². The molecule has 0 aliphatic heterocycles. The molecular formula is C22H32O2. The number of allylic oxidation sites excluding steroid dienone is 11. The molecule has 24 heavy (non-hydrogen) atoms. The van der Waals surface area contributed by atoms with Gasteiger partial charge in [0.25, 0.3) is 0 Å². The zero-order valence-corrected chi connectivity index (χ0v) is 14.9. The second-order valence-electron chi connectivity index (χ2n) is 5.58. The minimum Gasteiger partial charge on any atom is -0.478 e. The Balaban J connectivity index is 3.57. The highest BCUT2D eigenvalue weighted by atomic mass is 16.4. The molecule has 0 atom stereocenters. The van der Waals surface area contributed by atoms with Gasteiger partial charge in [-0.05, 0) is 12.8 Å². The van der Waals surface area contributed by atoms with Crippen molar-refractivity contribution in [2.24, 2.45) is 0 Å². The van der Waals surface area contributed by atoms with Gasteiger partial charge in [-0.3, -0.25) is 0 Å². The number of carbonyl (C=O) groups is 1. The Labute approximate surface area is 147 Å². The number of unbranched alkanes of at least 4 members (excludes halogenated alkanes) is 7. The van der Waals surface area contributed by atoms with Gasteiger partial charge >= 0.3 is 5.97 Å². The van der Waals surface area contributed by atoms with Crippen LogP contribution in [-0.2, 0) is 4.79 Å². The van der Waals surface area contributed by atoms with Crippen LogP contribution in [0, 0.1) is 0 Å². The van der Waals surface area contributed by atoms with E-state index in [1.54, 1.807) is 12.2 Å². The van der Waals surface area contributed by atoms with Gasteiger partial charge in [0.15, 0.2) is 0 Å². The molecule has 0 amide bonds. The number of carboxylic acid groups (broad SMARTS) is 1. The topological polar surface area (TPSA) is 37.3 Å². The van der Waals surface area contributed by atoms with Gasteiger partial charge in [-0.1, -0.05) is 112 Å². The number of rotatable bonds is 14. The summed E-state index contributed by atoms with van der Waals surface area (Å²) in [5, 5.41) is 8.39. The van der Waals surface area contributed by atoms with Crippen LogP contribution in [0.2, 0.25) is 0 Å². The van der Waals surface area contributed by atoms with E-state index in [0.29, 0.717) is 0 Å². The molecule has 2 nitrogen and oxygen atoms in total. The molecule has 0 saturated heterocycles. The fraction of sp³-hybridized carbons (Fsp3) is 0.409. The van der Waals surface area contributed by atoms with Crippen LogP contribution in [-0.4, -0.2) is 11.1 Å². The summed E-state index contributed by atoms with van der Waals surface area (Å²) in [6, 6.07) is 0. The molecule has 132 valence electrons. The molecule has 0 aliphatic rings. The Morgan fingerprint density at radius 1 is 0.667 bits per heavy atom. The summed E-state index contributed by atoms with van der Waals surface area (Å²) in [4.78, 5) is 10.2. The molecule has 0 saturated carbocycles. The lowest BCUT2D eigenvalue weighted by atomic mass is 10.1. The zero-order valence-electron chi connectivity index (χ0n) is 14.9. The van der Waals surface area contributed by atoms with Crippen molar-refractivity contribution in [2.45, 2.75) is 58.3 Å². The van der Waals surface area contributed by atoms with Gasteiger partial charge in [0.1, 0.15) is 0 Å². The highest BCUT2D eigenvalue weighted by Gasteiger charge is 1.88. The van der Waals surface area contributed by atoms with Crippen LogP contribution in [0.25, 0.3) is 0 Å². The molecule has 0 aromatic heterocycles. The first-order valence-electron chi connectivity index (χ1n) is 9.00. The van der Waals surface area contributed by atoms with Crippen LogP contribution < -0.4 is 0 Å². The summed E-state index contributed by atoms with van der Waals surface area (Å²) in [5.74, 6) is -0.936. The zero-order chi connectivity index (χ0) is 17.7. The molecule has 1 N–H and O–H groups in total. The lowest BCUT2D eigenvalue weighted by Crippen LogP contribution is -1.84. The quantitative estimate of drug-likeness (QED) is 0.223. The van der Waals surface area contributed by atoms with Crippen molar-refractivity contribution in [1.29, 1.82) is 0 Å². The second kappa shape index (κ2) is 19.0. The van der Waals surface area contributed by atoms with E-state index in [0.717, 1.165) is 12.5 Å². The number of hydrogen-bond acceptors (Lipinski definition) is 1. The van der Waals surface area contributed by atoms with Crippen LogP contribution in [0.4, 0.5) is 0 Å². The van der Waals surface area contributed by atoms with E-state index >= 15 is 0 Å². The molecule has 0 aromatic rings. The van der Waals surface area contributed by atoms with Gasteiger partial charge < -0.3 is 5.11 Å². The molecule has 0 rings (SSSR count). The van der Waals surface area contributed by atoms with E-state index < -0.39 is 5.97 Å². The Morgan fingerprint density at radius 3 is 1.67 bits per heavy atom. The first kappa shape index (κ1) is 21.9. The fourth-order valence-corrected chi connectivity index (χ4v) is 2.05. The first-order chi connectivity index (χ1) is 11.8. The molecule has 0 aliphatic carbocycles. The average molecular weight is 328 g/mol. The summed E-state index contributed by atoms with van der Waals surface area (Å²) in [7, 11) is 0. The summed E-state index contributed by atoms with van der Waals surface area (Å²) in [6.45, 7) is 2.25. The lowest BCUT2D eigenvalue weighted by molar-refractivity contribution is -0.131. The molecule has 0 aromatic carbocycles. The van der Waals surface area contributed by atoms with Gasteiger partial charge in [-0.25, -0.2) is 4.79 Å². The Kier molecular flexibility index (Phi) is 17.3. The standard InChI is InChI=1S/C22H32O2/c1-2-3-4-5-6-7-8-9-10-11-12-13-14-15-16-17-18-19-20-21-22(23)24/h10-21H,2-9H2,1H3,(H,23,24)/b11-10+,13-12-,15-14+,17-16+,19-18+,21-20+.